The summed E-state index contributed by atoms with van der Waals surface area (Å²) in [5.41, 5.74) is 0.503. The van der Waals surface area contributed by atoms with E-state index in [1.165, 1.54) is 30.0 Å². The molecule has 7 nitrogen and oxygen atoms in total. The molecule has 0 fully saturated rings. The number of rotatable bonds is 9. The summed E-state index contributed by atoms with van der Waals surface area (Å²) in [5, 5.41) is 11.9. The van der Waals surface area contributed by atoms with Gasteiger partial charge in [0.15, 0.2) is 28.6 Å². The van der Waals surface area contributed by atoms with E-state index < -0.39 is 0 Å². The topological polar surface area (TPSA) is 78.3 Å². The first kappa shape index (κ1) is 23.1. The maximum absolute atomic E-state index is 13.2. The summed E-state index contributed by atoms with van der Waals surface area (Å²) in [5.74, 6) is 1.41. The quantitative estimate of drug-likeness (QED) is 0.406. The number of nitrogens with zero attached hydrogens (tertiary/aromatic N) is 3. The number of hydrogen-bond acceptors (Lipinski definition) is 6. The number of hydrogen-bond donors (Lipinski definition) is 1. The molecule has 31 heavy (non-hydrogen) atoms. The smallest absolute Gasteiger partial charge is 0.234 e. The summed E-state index contributed by atoms with van der Waals surface area (Å²) in [6, 6.07) is 11.5. The summed E-state index contributed by atoms with van der Waals surface area (Å²) in [7, 11) is 1.59. The molecule has 1 N–H and O–H groups in total. The molecule has 0 bridgehead atoms. The summed E-state index contributed by atoms with van der Waals surface area (Å²) >= 11 is 4.51. The Morgan fingerprint density at radius 2 is 2.00 bits per heavy atom. The number of methoxy groups -OCH3 is 1. The molecule has 1 unspecified atom stereocenters. The molecule has 3 aromatic rings. The number of benzene rings is 2. The van der Waals surface area contributed by atoms with Gasteiger partial charge >= 0.3 is 0 Å². The van der Waals surface area contributed by atoms with Crippen LogP contribution >= 0.6 is 27.7 Å². The number of carbonyl (C=O) groups is 1. The van der Waals surface area contributed by atoms with Crippen LogP contribution in [0.2, 0.25) is 0 Å². The van der Waals surface area contributed by atoms with Crippen molar-refractivity contribution in [2.75, 3.05) is 18.2 Å². The molecule has 2 aromatic carbocycles. The minimum atomic E-state index is -0.382. The molecule has 1 atom stereocenters. The van der Waals surface area contributed by atoms with E-state index in [1.54, 1.807) is 7.11 Å². The number of aromatic nitrogens is 3. The summed E-state index contributed by atoms with van der Waals surface area (Å²) in [4.78, 5) is 12.3. The van der Waals surface area contributed by atoms with Crippen LogP contribution in [0.4, 0.5) is 10.1 Å². The molecule has 1 heterocycles. The second kappa shape index (κ2) is 10.6. The first-order valence-corrected chi connectivity index (χ1v) is 11.3. The van der Waals surface area contributed by atoms with Crippen molar-refractivity contribution in [1.82, 2.24) is 14.8 Å². The van der Waals surface area contributed by atoms with E-state index in [9.17, 15) is 9.18 Å². The number of ether oxygens (including phenoxy) is 2. The average molecular weight is 509 g/mol. The SMILES string of the molecule is CCn1c(SCC(=O)Nc2ccc(F)cc2Br)nnc1C(C)Oc1ccccc1OC. The fourth-order valence-corrected chi connectivity index (χ4v) is 4.13. The van der Waals surface area contributed by atoms with Crippen LogP contribution in [0, 0.1) is 5.82 Å². The number of halogens is 2. The Hall–Kier alpha value is -2.59. The highest BCUT2D eigenvalue weighted by molar-refractivity contribution is 9.10. The van der Waals surface area contributed by atoms with E-state index in [-0.39, 0.29) is 23.6 Å². The number of amides is 1. The lowest BCUT2D eigenvalue weighted by molar-refractivity contribution is -0.113. The van der Waals surface area contributed by atoms with Crippen molar-refractivity contribution in [2.24, 2.45) is 0 Å². The van der Waals surface area contributed by atoms with Gasteiger partial charge in [0, 0.05) is 11.0 Å². The van der Waals surface area contributed by atoms with Crippen LogP contribution in [0.5, 0.6) is 11.5 Å². The van der Waals surface area contributed by atoms with Crippen molar-refractivity contribution in [3.8, 4) is 11.5 Å². The highest BCUT2D eigenvalue weighted by Gasteiger charge is 2.20. The van der Waals surface area contributed by atoms with Gasteiger partial charge in [0.25, 0.3) is 0 Å². The van der Waals surface area contributed by atoms with E-state index >= 15 is 0 Å². The zero-order valence-corrected chi connectivity index (χ0v) is 19.7. The molecular weight excluding hydrogens is 487 g/mol. The number of carbonyl (C=O) groups excluding carboxylic acids is 1. The largest absolute Gasteiger partial charge is 0.493 e. The monoisotopic (exact) mass is 508 g/mol. The molecule has 164 valence electrons. The van der Waals surface area contributed by atoms with Crippen molar-refractivity contribution in [3.63, 3.8) is 0 Å². The van der Waals surface area contributed by atoms with Gasteiger partial charge in [0.1, 0.15) is 5.82 Å². The summed E-state index contributed by atoms with van der Waals surface area (Å²) in [6.07, 6.45) is -0.373. The lowest BCUT2D eigenvalue weighted by Crippen LogP contribution is -2.16. The van der Waals surface area contributed by atoms with Gasteiger partial charge < -0.3 is 19.4 Å². The molecule has 1 aromatic heterocycles. The maximum atomic E-state index is 13.2. The van der Waals surface area contributed by atoms with Crippen molar-refractivity contribution in [1.29, 1.82) is 0 Å². The fraction of sp³-hybridized carbons (Fsp3) is 0.286. The fourth-order valence-electron chi connectivity index (χ4n) is 2.87. The molecule has 0 radical (unpaired) electrons. The molecule has 10 heteroatoms. The van der Waals surface area contributed by atoms with Gasteiger partial charge in [0.05, 0.1) is 18.6 Å². The Kier molecular flexibility index (Phi) is 7.91. The van der Waals surface area contributed by atoms with Crippen molar-refractivity contribution >= 4 is 39.3 Å². The molecule has 0 aliphatic carbocycles. The predicted molar refractivity (Wildman–Crippen MR) is 121 cm³/mol. The van der Waals surface area contributed by atoms with E-state index in [2.05, 4.69) is 31.4 Å². The molecule has 0 spiro atoms. The van der Waals surface area contributed by atoms with E-state index in [4.69, 9.17) is 9.47 Å². The number of para-hydroxylation sites is 2. The van der Waals surface area contributed by atoms with Gasteiger partial charge in [-0.2, -0.15) is 0 Å². The first-order valence-electron chi connectivity index (χ1n) is 9.53. The second-order valence-electron chi connectivity index (χ2n) is 6.46. The van der Waals surface area contributed by atoms with Gasteiger partial charge in [-0.1, -0.05) is 23.9 Å². The van der Waals surface area contributed by atoms with Gasteiger partial charge in [0.2, 0.25) is 5.91 Å². The second-order valence-corrected chi connectivity index (χ2v) is 8.25. The predicted octanol–water partition coefficient (Wildman–Crippen LogP) is 5.08. The zero-order chi connectivity index (χ0) is 22.4. The first-order chi connectivity index (χ1) is 14.9. The summed E-state index contributed by atoms with van der Waals surface area (Å²) in [6.45, 7) is 4.48. The third-order valence-electron chi connectivity index (χ3n) is 4.34. The third-order valence-corrected chi connectivity index (χ3v) is 5.96. The Bertz CT molecular complexity index is 1060. The Morgan fingerprint density at radius 3 is 2.68 bits per heavy atom. The molecule has 0 aliphatic heterocycles. The van der Waals surface area contributed by atoms with Crippen LogP contribution in [0.3, 0.4) is 0 Å². The number of thioether (sulfide) groups is 1. The number of nitrogens with one attached hydrogen (secondary N) is 1. The van der Waals surface area contributed by atoms with Crippen molar-refractivity contribution in [2.45, 2.75) is 31.7 Å². The van der Waals surface area contributed by atoms with Crippen LogP contribution < -0.4 is 14.8 Å². The summed E-state index contributed by atoms with van der Waals surface area (Å²) < 4.78 is 27.0. The zero-order valence-electron chi connectivity index (χ0n) is 17.3. The van der Waals surface area contributed by atoms with Crippen LogP contribution in [-0.4, -0.2) is 33.5 Å². The Labute approximate surface area is 192 Å². The molecule has 1 amide bonds. The van der Waals surface area contributed by atoms with Crippen molar-refractivity contribution in [3.05, 3.63) is 58.6 Å². The molecule has 3 rings (SSSR count). The van der Waals surface area contributed by atoms with E-state index in [1.807, 2.05) is 42.7 Å². The van der Waals surface area contributed by atoms with Gasteiger partial charge in [-0.25, -0.2) is 4.39 Å². The highest BCUT2D eigenvalue weighted by atomic mass is 79.9. The molecule has 0 aliphatic rings. The molecule has 0 saturated carbocycles. The Balaban J connectivity index is 1.66. The number of anilines is 1. The lowest BCUT2D eigenvalue weighted by Gasteiger charge is -2.17. The standard InChI is InChI=1S/C21H22BrFN4O3S/c1-4-27-20(13(2)30-18-8-6-5-7-17(18)29-3)25-26-21(27)31-12-19(28)24-16-10-9-14(23)11-15(16)22/h5-11,13H,4,12H2,1-3H3,(H,24,28). The van der Waals surface area contributed by atoms with Crippen LogP contribution in [0.25, 0.3) is 0 Å². The Morgan fingerprint density at radius 1 is 1.26 bits per heavy atom. The van der Waals surface area contributed by atoms with Crippen LogP contribution in [0.1, 0.15) is 25.8 Å². The van der Waals surface area contributed by atoms with Crippen molar-refractivity contribution < 1.29 is 18.7 Å². The van der Waals surface area contributed by atoms with Crippen LogP contribution in [-0.2, 0) is 11.3 Å². The molecular formula is C21H22BrFN4O3S. The third kappa shape index (κ3) is 5.76. The van der Waals surface area contributed by atoms with E-state index in [0.717, 1.165) is 0 Å². The normalized spacial score (nSPS) is 11.8. The van der Waals surface area contributed by atoms with Gasteiger partial charge in [-0.15, -0.1) is 10.2 Å². The average Bonchev–Trinajstić information content (AvgIpc) is 3.17. The lowest BCUT2D eigenvalue weighted by atomic mass is 10.3. The minimum absolute atomic E-state index is 0.129. The molecule has 0 saturated heterocycles. The van der Waals surface area contributed by atoms with E-state index in [0.29, 0.717) is 39.2 Å². The highest BCUT2D eigenvalue weighted by Crippen LogP contribution is 2.31. The maximum Gasteiger partial charge on any atom is 0.234 e. The van der Waals surface area contributed by atoms with Gasteiger partial charge in [-0.05, 0) is 60.1 Å². The van der Waals surface area contributed by atoms with Crippen LogP contribution in [0.15, 0.2) is 52.1 Å². The van der Waals surface area contributed by atoms with Gasteiger partial charge in [-0.3, -0.25) is 4.79 Å². The minimum Gasteiger partial charge on any atom is -0.493 e.